The smallest absolute Gasteiger partial charge is 0.136 e. The Morgan fingerprint density at radius 3 is 0.890 bits per heavy atom. The lowest BCUT2D eigenvalue weighted by molar-refractivity contribution is -0.0399. The number of benzene rings is 18. The molecule has 15 aliphatic carbocycles. The van der Waals surface area contributed by atoms with Crippen LogP contribution in [0.1, 0.15) is 145 Å². The van der Waals surface area contributed by atoms with Crippen LogP contribution in [0, 0.1) is 71.0 Å². The monoisotopic (exact) mass is 1910 g/mol. The molecule has 712 valence electrons. The van der Waals surface area contributed by atoms with E-state index >= 15 is 0 Å². The molecule has 3 spiro atoms. The van der Waals surface area contributed by atoms with Crippen molar-refractivity contribution in [3.05, 3.63) is 452 Å². The molecule has 0 radical (unpaired) electrons. The van der Waals surface area contributed by atoms with Gasteiger partial charge in [0.2, 0.25) is 0 Å². The third-order valence-electron chi connectivity index (χ3n) is 37.9. The highest BCUT2D eigenvalue weighted by Crippen LogP contribution is 2.74. The minimum atomic E-state index is 0. The second-order valence-corrected chi connectivity index (χ2v) is 46.0. The first-order chi connectivity index (χ1) is 71.2. The van der Waals surface area contributed by atoms with Gasteiger partial charge in [-0.2, -0.15) is 0 Å². The van der Waals surface area contributed by atoms with Gasteiger partial charge in [-0.05, 0) is 419 Å². The Labute approximate surface area is 860 Å². The molecule has 3 aromatic heterocycles. The lowest BCUT2D eigenvalue weighted by Gasteiger charge is -2.61. The molecule has 0 unspecified atom stereocenters. The van der Waals surface area contributed by atoms with Gasteiger partial charge >= 0.3 is 0 Å². The fourth-order valence-electron chi connectivity index (χ4n) is 33.1. The van der Waals surface area contributed by atoms with Crippen LogP contribution < -0.4 is 14.7 Å². The third-order valence-corrected chi connectivity index (χ3v) is 39.2. The number of para-hydroxylation sites is 5. The van der Waals surface area contributed by atoms with Crippen LogP contribution >= 0.6 is 11.3 Å². The van der Waals surface area contributed by atoms with Crippen molar-refractivity contribution < 1.29 is 8.83 Å². The van der Waals surface area contributed by atoms with Crippen molar-refractivity contribution in [3.8, 4) is 66.8 Å². The summed E-state index contributed by atoms with van der Waals surface area (Å²) in [4.78, 5) is 7.31. The average Bonchev–Trinajstić information content (AvgIpc) is 1.52. The van der Waals surface area contributed by atoms with Crippen LogP contribution in [0.25, 0.3) is 131 Å². The molecule has 12 saturated carbocycles. The Morgan fingerprint density at radius 1 is 0.185 bits per heavy atom. The van der Waals surface area contributed by atoms with Crippen LogP contribution in [0.4, 0.5) is 51.2 Å². The predicted molar refractivity (Wildman–Crippen MR) is 610 cm³/mol. The van der Waals surface area contributed by atoms with E-state index in [4.69, 9.17) is 8.83 Å². The average molecular weight is 1910 g/mol. The summed E-state index contributed by atoms with van der Waals surface area (Å²) >= 11 is 1.90. The standard InChI is InChI=1S/2C46H37NO.C46H37NS.2CH4/c1-2-8-35(9-3-1)47(36-17-14-31(15-18-36)32-16-21-45-41(27-32)39-11-5-7-13-44(39)48-45)37-19-20-43-40(28-37)38-10-4-6-12-42(38)46(43)33-23-29-22-30(25-33)26-34(46)24-29;1-2-8-35(9-3-1)47(36-17-14-31(15-18-36)32-16-20-40-39-11-5-7-13-44(39)48-45(40)27-32)37-19-21-43-41(28-37)38-10-4-6-12-42(38)46(43)33-23-29-22-30(25-33)26-34(46)24-29;1-2-9-34(10-3-1)47(35-19-17-31(18-20-35)37-13-8-14-40-39-12-5-7-16-44(39)48-45(37)40)36-21-22-43-41(28-36)38-11-4-6-15-42(38)46(43)32-24-29-23-30(26-32)27-33(46)25-29;;/h2*1-21,27-30,33-34H,22-26H2;1-22,28-30,32-33H,23-27H2;2*1H4. The minimum absolute atomic E-state index is 0. The maximum absolute atomic E-state index is 6.22. The molecule has 6 heteroatoms. The third kappa shape index (κ3) is 13.3. The van der Waals surface area contributed by atoms with E-state index in [-0.39, 0.29) is 31.1 Å². The lowest BCUT2D eigenvalue weighted by atomic mass is 9.43. The normalized spacial score (nSPS) is 24.4. The zero-order valence-electron chi connectivity index (χ0n) is 80.9. The number of hydrogen-bond acceptors (Lipinski definition) is 6. The van der Waals surface area contributed by atoms with Crippen LogP contribution in [-0.2, 0) is 16.2 Å². The molecule has 0 N–H and O–H groups in total. The van der Waals surface area contributed by atoms with Crippen molar-refractivity contribution in [2.45, 2.75) is 127 Å². The van der Waals surface area contributed by atoms with Gasteiger partial charge in [-0.1, -0.05) is 282 Å². The zero-order valence-corrected chi connectivity index (χ0v) is 81.8. The summed E-state index contributed by atoms with van der Waals surface area (Å²) in [5, 5.41) is 7.34. The quantitative estimate of drug-likeness (QED) is 0.122. The van der Waals surface area contributed by atoms with Gasteiger partial charge in [0, 0.05) is 109 Å². The van der Waals surface area contributed by atoms with Gasteiger partial charge in [-0.15, -0.1) is 11.3 Å². The highest BCUT2D eigenvalue weighted by molar-refractivity contribution is 7.26. The van der Waals surface area contributed by atoms with Crippen LogP contribution in [0.5, 0.6) is 0 Å². The summed E-state index contributed by atoms with van der Waals surface area (Å²) in [6.45, 7) is 0. The van der Waals surface area contributed by atoms with E-state index in [1.165, 1.54) is 223 Å². The first-order valence-corrected chi connectivity index (χ1v) is 54.4. The number of thiophene rings is 1. The molecule has 146 heavy (non-hydrogen) atoms. The van der Waals surface area contributed by atoms with Crippen LogP contribution in [0.15, 0.2) is 427 Å². The SMILES string of the molecule is C.C.c1ccc(N(c2ccc(-c3ccc4c(c3)oc3ccccc34)cc2)c2ccc3c(c2)-c2ccccc2C32C3CC4CC(C3)CC2C4)cc1.c1ccc(N(c2ccc(-c3ccc4oc5ccccc5c4c3)cc2)c2ccc3c(c2)-c2ccccc2C32C3CC4CC(C3)CC2C4)cc1.c1ccc(N(c2ccc(-c3cccc4c3sc3ccccc34)cc2)c2ccc3c(c2)-c2ccccc2C32C3CC4CC(C3)CC2C4)cc1. The second-order valence-electron chi connectivity index (χ2n) is 44.9. The van der Waals surface area contributed by atoms with Gasteiger partial charge in [0.25, 0.3) is 0 Å². The molecule has 21 aromatic rings. The summed E-state index contributed by atoms with van der Waals surface area (Å²) in [6, 6.07) is 156. The largest absolute Gasteiger partial charge is 0.456 e. The molecule has 12 bridgehead atoms. The zero-order chi connectivity index (χ0) is 94.2. The Bertz CT molecular complexity index is 8600. The second kappa shape index (κ2) is 34.2. The Kier molecular flexibility index (Phi) is 20.5. The summed E-state index contributed by atoms with van der Waals surface area (Å²) in [5.41, 5.74) is 40.8. The number of furan rings is 2. The molecular formula is C140H119N3O2S. The maximum atomic E-state index is 6.22. The number of nitrogens with zero attached hydrogens (tertiary/aromatic N) is 3. The fourth-order valence-corrected chi connectivity index (χ4v) is 34.4. The molecule has 5 nitrogen and oxygen atoms in total. The molecule has 3 heterocycles. The van der Waals surface area contributed by atoms with Crippen molar-refractivity contribution in [3.63, 3.8) is 0 Å². The van der Waals surface area contributed by atoms with Gasteiger partial charge in [0.15, 0.2) is 0 Å². The van der Waals surface area contributed by atoms with E-state index in [0.29, 0.717) is 0 Å². The van der Waals surface area contributed by atoms with Gasteiger partial charge in [-0.3, -0.25) is 0 Å². The van der Waals surface area contributed by atoms with Gasteiger partial charge < -0.3 is 23.5 Å². The first-order valence-electron chi connectivity index (χ1n) is 53.6. The van der Waals surface area contributed by atoms with Crippen molar-refractivity contribution in [1.29, 1.82) is 0 Å². The van der Waals surface area contributed by atoms with E-state index in [0.717, 1.165) is 126 Å². The number of hydrogen-bond donors (Lipinski definition) is 0. The predicted octanol–water partition coefficient (Wildman–Crippen LogP) is 39.1. The summed E-state index contributed by atoms with van der Waals surface area (Å²) in [5.74, 6) is 10.4. The van der Waals surface area contributed by atoms with Crippen LogP contribution in [-0.4, -0.2) is 0 Å². The minimum Gasteiger partial charge on any atom is -0.456 e. The summed E-state index contributed by atoms with van der Waals surface area (Å²) < 4.78 is 15.0. The van der Waals surface area contributed by atoms with Crippen molar-refractivity contribution >= 4 is 127 Å². The summed E-state index contributed by atoms with van der Waals surface area (Å²) in [7, 11) is 0. The molecule has 0 amide bonds. The van der Waals surface area contributed by atoms with E-state index in [2.05, 4.69) is 409 Å². The Hall–Kier alpha value is -14.8. The molecule has 18 aromatic carbocycles. The van der Waals surface area contributed by atoms with E-state index < -0.39 is 0 Å². The highest BCUT2D eigenvalue weighted by atomic mass is 32.1. The molecular weight excluding hydrogens is 1790 g/mol. The number of anilines is 9. The fraction of sp³-hybridized carbons (Fsp3) is 0.229. The number of rotatable bonds is 12. The van der Waals surface area contributed by atoms with Gasteiger partial charge in [-0.25, -0.2) is 0 Å². The first kappa shape index (κ1) is 87.7. The molecule has 15 aliphatic rings. The summed E-state index contributed by atoms with van der Waals surface area (Å²) in [6.07, 6.45) is 21.4. The molecule has 12 fully saturated rings. The maximum Gasteiger partial charge on any atom is 0.136 e. The Morgan fingerprint density at radius 2 is 0.473 bits per heavy atom. The molecule has 36 rings (SSSR count). The van der Waals surface area contributed by atoms with Crippen LogP contribution in [0.3, 0.4) is 0 Å². The van der Waals surface area contributed by atoms with E-state index in [1.54, 1.807) is 33.4 Å². The van der Waals surface area contributed by atoms with Gasteiger partial charge in [0.05, 0.1) is 0 Å². The van der Waals surface area contributed by atoms with Crippen LogP contribution in [0.2, 0.25) is 0 Å². The van der Waals surface area contributed by atoms with E-state index in [9.17, 15) is 0 Å². The molecule has 0 atom stereocenters. The van der Waals surface area contributed by atoms with Crippen molar-refractivity contribution in [2.24, 2.45) is 71.0 Å². The molecule has 0 saturated heterocycles. The topological polar surface area (TPSA) is 36.0 Å². The van der Waals surface area contributed by atoms with Gasteiger partial charge in [0.1, 0.15) is 22.3 Å². The molecule has 0 aliphatic heterocycles. The van der Waals surface area contributed by atoms with E-state index in [1.807, 2.05) is 35.6 Å². The highest BCUT2D eigenvalue weighted by Gasteiger charge is 2.65. The van der Waals surface area contributed by atoms with Crippen molar-refractivity contribution in [2.75, 3.05) is 14.7 Å². The Balaban J connectivity index is 0.000000103. The lowest BCUT2D eigenvalue weighted by Crippen LogP contribution is -2.55. The van der Waals surface area contributed by atoms with Crippen molar-refractivity contribution in [1.82, 2.24) is 0 Å². The number of fused-ring (bicyclic) bond motifs is 18.